The lowest BCUT2D eigenvalue weighted by Crippen LogP contribution is -2.31. The van der Waals surface area contributed by atoms with Gasteiger partial charge in [-0.05, 0) is 19.1 Å². The number of amides is 1. The monoisotopic (exact) mass is 354 g/mol. The molecule has 1 rings (SSSR count). The summed E-state index contributed by atoms with van der Waals surface area (Å²) in [5.74, 6) is -0.504. The molecule has 0 fully saturated rings. The summed E-state index contributed by atoms with van der Waals surface area (Å²) in [6, 6.07) is 2.44. The minimum Gasteiger partial charge on any atom is -0.380 e. The zero-order valence-electron chi connectivity index (χ0n) is 11.6. The van der Waals surface area contributed by atoms with E-state index in [2.05, 4.69) is 0 Å². The van der Waals surface area contributed by atoms with Gasteiger partial charge >= 0.3 is 0 Å². The lowest BCUT2D eigenvalue weighted by atomic mass is 10.2. The molecule has 9 heteroatoms. The molecule has 0 heterocycles. The summed E-state index contributed by atoms with van der Waals surface area (Å²) >= 11 is 11.9. The van der Waals surface area contributed by atoms with Gasteiger partial charge in [0.25, 0.3) is 5.91 Å². The zero-order chi connectivity index (χ0) is 16.2. The Morgan fingerprint density at radius 1 is 1.38 bits per heavy atom. The van der Waals surface area contributed by atoms with Crippen LogP contribution in [0.25, 0.3) is 0 Å². The van der Waals surface area contributed by atoms with Crippen molar-refractivity contribution in [2.45, 2.75) is 11.8 Å². The van der Waals surface area contributed by atoms with Crippen LogP contribution in [0.1, 0.15) is 17.3 Å². The van der Waals surface area contributed by atoms with Crippen molar-refractivity contribution in [2.75, 3.05) is 26.8 Å². The number of nitrogens with zero attached hydrogens (tertiary/aromatic N) is 1. The summed E-state index contributed by atoms with van der Waals surface area (Å²) in [6.45, 7) is 3.04. The van der Waals surface area contributed by atoms with Crippen molar-refractivity contribution in [3.8, 4) is 0 Å². The van der Waals surface area contributed by atoms with E-state index in [0.717, 1.165) is 6.07 Å². The van der Waals surface area contributed by atoms with Gasteiger partial charge in [-0.3, -0.25) is 4.79 Å². The topological polar surface area (TPSA) is 89.7 Å². The molecule has 6 nitrogen and oxygen atoms in total. The van der Waals surface area contributed by atoms with Crippen molar-refractivity contribution in [1.29, 1.82) is 0 Å². The number of primary sulfonamides is 1. The lowest BCUT2D eigenvalue weighted by molar-refractivity contribution is 0.0710. The molecule has 0 saturated carbocycles. The van der Waals surface area contributed by atoms with Crippen molar-refractivity contribution in [3.63, 3.8) is 0 Å². The molecule has 1 amide bonds. The molecular formula is C12H16Cl2N2O4S. The highest BCUT2D eigenvalue weighted by Gasteiger charge is 2.24. The molecule has 21 heavy (non-hydrogen) atoms. The fourth-order valence-electron chi connectivity index (χ4n) is 1.59. The normalized spacial score (nSPS) is 11.5. The standard InChI is InChI=1S/C12H16Cl2N2O4S/c1-3-20-7-6-16(2)12(17)10-8(13)4-5-9(11(10)14)21(15,18)19/h4-5H,3,6-7H2,1-2H3,(H2,15,18,19). The zero-order valence-corrected chi connectivity index (χ0v) is 13.9. The Hall–Kier alpha value is -0.860. The van der Waals surface area contributed by atoms with Gasteiger partial charge in [-0.15, -0.1) is 0 Å². The number of nitrogens with two attached hydrogens (primary N) is 1. The Bertz CT molecular complexity index is 634. The third-order valence-electron chi connectivity index (χ3n) is 2.70. The Morgan fingerprint density at radius 3 is 2.52 bits per heavy atom. The largest absolute Gasteiger partial charge is 0.380 e. The minimum absolute atomic E-state index is 0.0562. The van der Waals surface area contributed by atoms with E-state index < -0.39 is 15.9 Å². The first-order valence-electron chi connectivity index (χ1n) is 6.04. The summed E-state index contributed by atoms with van der Waals surface area (Å²) in [6.07, 6.45) is 0. The Balaban J connectivity index is 3.15. The molecule has 0 aliphatic carbocycles. The first kappa shape index (κ1) is 18.2. The summed E-state index contributed by atoms with van der Waals surface area (Å²) in [5.41, 5.74) is -0.0937. The molecule has 118 valence electrons. The Morgan fingerprint density at radius 2 is 2.00 bits per heavy atom. The number of rotatable bonds is 6. The number of carbonyl (C=O) groups excluding carboxylic acids is 1. The molecule has 0 aliphatic heterocycles. The van der Waals surface area contributed by atoms with E-state index in [-0.39, 0.29) is 20.5 Å². The average Bonchev–Trinajstić information content (AvgIpc) is 2.37. The van der Waals surface area contributed by atoms with Gasteiger partial charge in [-0.25, -0.2) is 13.6 Å². The maximum absolute atomic E-state index is 12.3. The van der Waals surface area contributed by atoms with Crippen molar-refractivity contribution in [2.24, 2.45) is 5.14 Å². The van der Waals surface area contributed by atoms with E-state index in [1.54, 1.807) is 0 Å². The van der Waals surface area contributed by atoms with Crippen LogP contribution < -0.4 is 5.14 Å². The molecule has 0 radical (unpaired) electrons. The van der Waals surface area contributed by atoms with Crippen molar-refractivity contribution >= 4 is 39.1 Å². The predicted molar refractivity (Wildman–Crippen MR) is 81.3 cm³/mol. The SMILES string of the molecule is CCOCCN(C)C(=O)c1c(Cl)ccc(S(N)(=O)=O)c1Cl. The number of ether oxygens (including phenoxy) is 1. The highest BCUT2D eigenvalue weighted by atomic mass is 35.5. The summed E-state index contributed by atoms with van der Waals surface area (Å²) in [7, 11) is -2.50. The van der Waals surface area contributed by atoms with E-state index in [1.165, 1.54) is 18.0 Å². The minimum atomic E-state index is -4.04. The van der Waals surface area contributed by atoms with Crippen LogP contribution in [0.4, 0.5) is 0 Å². The van der Waals surface area contributed by atoms with Crippen LogP contribution in [0.15, 0.2) is 17.0 Å². The van der Waals surface area contributed by atoms with E-state index in [9.17, 15) is 13.2 Å². The average molecular weight is 355 g/mol. The quantitative estimate of drug-likeness (QED) is 0.788. The van der Waals surface area contributed by atoms with Gasteiger partial charge in [0, 0.05) is 20.2 Å². The fourth-order valence-corrected chi connectivity index (χ4v) is 3.05. The van der Waals surface area contributed by atoms with E-state index >= 15 is 0 Å². The third kappa shape index (κ3) is 4.55. The Kier molecular flexibility index (Phi) is 6.42. The van der Waals surface area contributed by atoms with Gasteiger partial charge in [0.2, 0.25) is 10.0 Å². The second kappa shape index (κ2) is 7.42. The van der Waals surface area contributed by atoms with Crippen LogP contribution >= 0.6 is 23.2 Å². The number of hydrogen-bond donors (Lipinski definition) is 1. The molecule has 0 unspecified atom stereocenters. The van der Waals surface area contributed by atoms with Crippen LogP contribution in [-0.4, -0.2) is 46.0 Å². The molecule has 2 N–H and O–H groups in total. The van der Waals surface area contributed by atoms with E-state index in [4.69, 9.17) is 33.1 Å². The molecule has 0 aliphatic rings. The van der Waals surface area contributed by atoms with Crippen LogP contribution in [0, 0.1) is 0 Å². The molecule has 0 bridgehead atoms. The number of hydrogen-bond acceptors (Lipinski definition) is 4. The van der Waals surface area contributed by atoms with Crippen LogP contribution in [0.2, 0.25) is 10.0 Å². The summed E-state index contributed by atoms with van der Waals surface area (Å²) in [4.78, 5) is 13.3. The van der Waals surface area contributed by atoms with Crippen LogP contribution in [-0.2, 0) is 14.8 Å². The first-order chi connectivity index (χ1) is 9.70. The molecule has 1 aromatic rings. The van der Waals surface area contributed by atoms with Gasteiger partial charge in [0.15, 0.2) is 0 Å². The second-order valence-electron chi connectivity index (χ2n) is 4.20. The Labute approximate surface area is 133 Å². The number of benzene rings is 1. The van der Waals surface area contributed by atoms with Crippen LogP contribution in [0.5, 0.6) is 0 Å². The highest BCUT2D eigenvalue weighted by molar-refractivity contribution is 7.89. The van der Waals surface area contributed by atoms with Gasteiger partial charge in [-0.1, -0.05) is 23.2 Å². The van der Waals surface area contributed by atoms with Crippen molar-refractivity contribution in [3.05, 3.63) is 27.7 Å². The maximum atomic E-state index is 12.3. The highest BCUT2D eigenvalue weighted by Crippen LogP contribution is 2.31. The maximum Gasteiger partial charge on any atom is 0.256 e. The molecule has 0 aromatic heterocycles. The summed E-state index contributed by atoms with van der Waals surface area (Å²) < 4.78 is 28.0. The number of halogens is 2. The number of likely N-dealkylation sites (N-methyl/N-ethyl adjacent to an activating group) is 1. The molecule has 0 saturated heterocycles. The van der Waals surface area contributed by atoms with E-state index in [1.807, 2.05) is 6.92 Å². The third-order valence-corrected chi connectivity index (χ3v) is 4.47. The number of sulfonamides is 1. The van der Waals surface area contributed by atoms with Crippen molar-refractivity contribution < 1.29 is 17.9 Å². The van der Waals surface area contributed by atoms with E-state index in [0.29, 0.717) is 19.8 Å². The predicted octanol–water partition coefficient (Wildman–Crippen LogP) is 1.75. The van der Waals surface area contributed by atoms with Crippen molar-refractivity contribution in [1.82, 2.24) is 4.90 Å². The molecular weight excluding hydrogens is 339 g/mol. The lowest BCUT2D eigenvalue weighted by Gasteiger charge is -2.19. The summed E-state index contributed by atoms with van der Waals surface area (Å²) in [5, 5.41) is 4.83. The van der Waals surface area contributed by atoms with Crippen LogP contribution in [0.3, 0.4) is 0 Å². The smallest absolute Gasteiger partial charge is 0.256 e. The second-order valence-corrected chi connectivity index (χ2v) is 6.52. The van der Waals surface area contributed by atoms with Gasteiger partial charge in [-0.2, -0.15) is 0 Å². The van der Waals surface area contributed by atoms with Gasteiger partial charge in [0.1, 0.15) is 4.90 Å². The van der Waals surface area contributed by atoms with Gasteiger partial charge < -0.3 is 9.64 Å². The van der Waals surface area contributed by atoms with Gasteiger partial charge in [0.05, 0.1) is 22.2 Å². The molecule has 0 atom stereocenters. The number of carbonyl (C=O) groups is 1. The molecule has 1 aromatic carbocycles. The molecule has 0 spiro atoms. The first-order valence-corrected chi connectivity index (χ1v) is 8.34. The fraction of sp³-hybridized carbons (Fsp3) is 0.417.